The maximum atomic E-state index is 13.2. The molecular formula is C11H12FN3O3. The summed E-state index contributed by atoms with van der Waals surface area (Å²) in [5, 5.41) is 15.6. The van der Waals surface area contributed by atoms with Crippen LogP contribution in [0.5, 0.6) is 0 Å². The molecule has 0 aliphatic rings. The summed E-state index contributed by atoms with van der Waals surface area (Å²) >= 11 is 0. The third kappa shape index (κ3) is 3.95. The highest BCUT2D eigenvalue weighted by Crippen LogP contribution is 2.20. The molecule has 0 aliphatic carbocycles. The van der Waals surface area contributed by atoms with Gasteiger partial charge in [0.15, 0.2) is 0 Å². The average Bonchev–Trinajstić information content (AvgIpc) is 2.28. The van der Waals surface area contributed by atoms with Gasteiger partial charge in [0.05, 0.1) is 11.5 Å². The minimum absolute atomic E-state index is 0.0463. The molecule has 0 atom stereocenters. The molecule has 18 heavy (non-hydrogen) atoms. The van der Waals surface area contributed by atoms with Crippen molar-refractivity contribution in [2.75, 3.05) is 18.4 Å². The number of nitrogens with zero attached hydrogens (tertiary/aromatic N) is 1. The molecule has 0 fully saturated rings. The van der Waals surface area contributed by atoms with E-state index >= 15 is 0 Å². The fraction of sp³-hybridized carbons (Fsp3) is 0.182. The van der Waals surface area contributed by atoms with Gasteiger partial charge in [-0.1, -0.05) is 6.08 Å². The van der Waals surface area contributed by atoms with Gasteiger partial charge < -0.3 is 10.6 Å². The highest BCUT2D eigenvalue weighted by atomic mass is 19.1. The van der Waals surface area contributed by atoms with Gasteiger partial charge in [0, 0.05) is 24.4 Å². The van der Waals surface area contributed by atoms with Crippen LogP contribution in [0.3, 0.4) is 0 Å². The summed E-state index contributed by atoms with van der Waals surface area (Å²) in [6.07, 6.45) is 1.60. The monoisotopic (exact) mass is 253 g/mol. The lowest BCUT2D eigenvalue weighted by Crippen LogP contribution is -2.28. The Kier molecular flexibility index (Phi) is 4.94. The van der Waals surface area contributed by atoms with Gasteiger partial charge >= 0.3 is 5.69 Å². The van der Waals surface area contributed by atoms with Crippen LogP contribution in [0.1, 0.15) is 0 Å². The van der Waals surface area contributed by atoms with Crippen molar-refractivity contribution in [3.63, 3.8) is 0 Å². The predicted molar refractivity (Wildman–Crippen MR) is 64.8 cm³/mol. The van der Waals surface area contributed by atoms with E-state index < -0.39 is 16.4 Å². The molecule has 0 unspecified atom stereocenters. The van der Waals surface area contributed by atoms with Crippen LogP contribution in [0.25, 0.3) is 0 Å². The summed E-state index contributed by atoms with van der Waals surface area (Å²) < 4.78 is 13.2. The normalized spacial score (nSPS) is 9.83. The maximum absolute atomic E-state index is 13.2. The van der Waals surface area contributed by atoms with Crippen molar-refractivity contribution in [2.24, 2.45) is 0 Å². The molecule has 0 saturated carbocycles. The third-order valence-electron chi connectivity index (χ3n) is 2.00. The van der Waals surface area contributed by atoms with Crippen LogP contribution in [0, 0.1) is 15.9 Å². The van der Waals surface area contributed by atoms with Crippen molar-refractivity contribution in [1.29, 1.82) is 0 Å². The number of anilines is 1. The van der Waals surface area contributed by atoms with Crippen LogP contribution in [-0.4, -0.2) is 23.9 Å². The fourth-order valence-corrected chi connectivity index (χ4v) is 1.23. The number of nitro groups is 1. The van der Waals surface area contributed by atoms with E-state index in [2.05, 4.69) is 17.2 Å². The van der Waals surface area contributed by atoms with E-state index in [9.17, 15) is 19.3 Å². The fourth-order valence-electron chi connectivity index (χ4n) is 1.23. The first kappa shape index (κ1) is 13.8. The Balaban J connectivity index is 2.63. The van der Waals surface area contributed by atoms with Gasteiger partial charge in [-0.05, 0) is 6.07 Å². The highest BCUT2D eigenvalue weighted by Gasteiger charge is 2.14. The SMILES string of the molecule is C=CCNCC(=O)Nc1ccc([N+](=O)[O-])c(F)c1. The number of amides is 1. The van der Waals surface area contributed by atoms with E-state index in [1.54, 1.807) is 6.08 Å². The predicted octanol–water partition coefficient (Wildman–Crippen LogP) is 1.45. The number of rotatable bonds is 6. The summed E-state index contributed by atoms with van der Waals surface area (Å²) in [5.74, 6) is -1.36. The highest BCUT2D eigenvalue weighted by molar-refractivity contribution is 5.92. The molecule has 2 N–H and O–H groups in total. The van der Waals surface area contributed by atoms with Crippen molar-refractivity contribution in [1.82, 2.24) is 5.32 Å². The topological polar surface area (TPSA) is 84.3 Å². The zero-order valence-electron chi connectivity index (χ0n) is 9.48. The Bertz CT molecular complexity index is 477. The second kappa shape index (κ2) is 6.45. The van der Waals surface area contributed by atoms with E-state index in [1.165, 1.54) is 6.07 Å². The van der Waals surface area contributed by atoms with E-state index in [0.29, 0.717) is 6.54 Å². The molecule has 0 radical (unpaired) electrons. The van der Waals surface area contributed by atoms with E-state index in [1.807, 2.05) is 0 Å². The molecule has 0 spiro atoms. The van der Waals surface area contributed by atoms with Crippen LogP contribution in [0.4, 0.5) is 15.8 Å². The van der Waals surface area contributed by atoms with Crippen molar-refractivity contribution in [3.8, 4) is 0 Å². The summed E-state index contributed by atoms with van der Waals surface area (Å²) in [7, 11) is 0. The first-order chi connectivity index (χ1) is 8.54. The second-order valence-electron chi connectivity index (χ2n) is 3.39. The summed E-state index contributed by atoms with van der Waals surface area (Å²) in [6, 6.07) is 3.18. The molecule has 0 saturated heterocycles. The molecule has 6 nitrogen and oxygen atoms in total. The molecule has 1 rings (SSSR count). The number of halogens is 1. The quantitative estimate of drug-likeness (QED) is 0.348. The maximum Gasteiger partial charge on any atom is 0.304 e. The molecule has 0 bridgehead atoms. The van der Waals surface area contributed by atoms with Crippen molar-refractivity contribution < 1.29 is 14.1 Å². The summed E-state index contributed by atoms with van der Waals surface area (Å²) in [6.45, 7) is 3.99. The van der Waals surface area contributed by atoms with Crippen LogP contribution < -0.4 is 10.6 Å². The largest absolute Gasteiger partial charge is 0.325 e. The first-order valence-electron chi connectivity index (χ1n) is 5.10. The Hall–Kier alpha value is -2.28. The number of nitro benzene ring substituents is 1. The van der Waals surface area contributed by atoms with Crippen molar-refractivity contribution >= 4 is 17.3 Å². The Morgan fingerprint density at radius 1 is 1.56 bits per heavy atom. The average molecular weight is 253 g/mol. The number of carbonyl (C=O) groups is 1. The standard InChI is InChI=1S/C11H12FN3O3/c1-2-5-13-7-11(16)14-8-3-4-10(15(17)18)9(12)6-8/h2-4,6,13H,1,5,7H2,(H,14,16). The van der Waals surface area contributed by atoms with Gasteiger partial charge in [0.1, 0.15) is 0 Å². The molecule has 1 aromatic carbocycles. The second-order valence-corrected chi connectivity index (χ2v) is 3.39. The van der Waals surface area contributed by atoms with Crippen LogP contribution >= 0.6 is 0 Å². The summed E-state index contributed by atoms with van der Waals surface area (Å²) in [4.78, 5) is 20.9. The molecule has 0 aromatic heterocycles. The van der Waals surface area contributed by atoms with Gasteiger partial charge in [0.25, 0.3) is 0 Å². The lowest BCUT2D eigenvalue weighted by molar-refractivity contribution is -0.387. The number of hydrogen-bond donors (Lipinski definition) is 2. The van der Waals surface area contributed by atoms with E-state index in [0.717, 1.165) is 12.1 Å². The van der Waals surface area contributed by atoms with Crippen LogP contribution in [-0.2, 0) is 4.79 Å². The Labute approximate surface area is 103 Å². The van der Waals surface area contributed by atoms with Crippen LogP contribution in [0.15, 0.2) is 30.9 Å². The molecule has 0 heterocycles. The first-order valence-corrected chi connectivity index (χ1v) is 5.10. The van der Waals surface area contributed by atoms with Crippen LogP contribution in [0.2, 0.25) is 0 Å². The number of nitrogens with one attached hydrogen (secondary N) is 2. The number of benzene rings is 1. The minimum Gasteiger partial charge on any atom is -0.325 e. The molecule has 7 heteroatoms. The molecular weight excluding hydrogens is 241 g/mol. The Morgan fingerprint density at radius 2 is 2.28 bits per heavy atom. The Morgan fingerprint density at radius 3 is 2.83 bits per heavy atom. The van der Waals surface area contributed by atoms with Gasteiger partial charge in [-0.15, -0.1) is 6.58 Å². The van der Waals surface area contributed by atoms with Gasteiger partial charge in [0.2, 0.25) is 11.7 Å². The summed E-state index contributed by atoms with van der Waals surface area (Å²) in [5.41, 5.74) is -0.457. The van der Waals surface area contributed by atoms with E-state index in [-0.39, 0.29) is 18.1 Å². The zero-order chi connectivity index (χ0) is 13.5. The zero-order valence-corrected chi connectivity index (χ0v) is 9.48. The molecule has 1 amide bonds. The number of carbonyl (C=O) groups excluding carboxylic acids is 1. The van der Waals surface area contributed by atoms with Gasteiger partial charge in [-0.2, -0.15) is 4.39 Å². The third-order valence-corrected chi connectivity index (χ3v) is 2.00. The lowest BCUT2D eigenvalue weighted by atomic mass is 10.2. The van der Waals surface area contributed by atoms with Crippen molar-refractivity contribution in [3.05, 3.63) is 46.8 Å². The van der Waals surface area contributed by atoms with Gasteiger partial charge in [-0.25, -0.2) is 0 Å². The minimum atomic E-state index is -0.989. The molecule has 96 valence electrons. The van der Waals surface area contributed by atoms with E-state index in [4.69, 9.17) is 0 Å². The number of hydrogen-bond acceptors (Lipinski definition) is 4. The molecule has 1 aromatic rings. The van der Waals surface area contributed by atoms with Gasteiger partial charge in [-0.3, -0.25) is 14.9 Å². The smallest absolute Gasteiger partial charge is 0.304 e. The lowest BCUT2D eigenvalue weighted by Gasteiger charge is -2.05. The molecule has 0 aliphatic heterocycles. The van der Waals surface area contributed by atoms with Crippen molar-refractivity contribution in [2.45, 2.75) is 0 Å².